The van der Waals surface area contributed by atoms with Gasteiger partial charge in [0.05, 0.1) is 19.8 Å². The van der Waals surface area contributed by atoms with Crippen molar-refractivity contribution in [1.82, 2.24) is 9.80 Å². The molecule has 3 heterocycles. The van der Waals surface area contributed by atoms with Gasteiger partial charge in [0.1, 0.15) is 5.75 Å². The molecule has 178 valence electrons. The molecule has 7 nitrogen and oxygen atoms in total. The number of carboxylic acid groups (broad SMARTS) is 1. The summed E-state index contributed by atoms with van der Waals surface area (Å²) < 4.78 is 43.1. The lowest BCUT2D eigenvalue weighted by Crippen LogP contribution is -2.45. The molecule has 0 aromatic heterocycles. The fourth-order valence-corrected chi connectivity index (χ4v) is 4.53. The van der Waals surface area contributed by atoms with E-state index in [0.717, 1.165) is 51.5 Å². The summed E-state index contributed by atoms with van der Waals surface area (Å²) in [5, 5.41) is 7.12. The number of nitrogens with zero attached hydrogens (tertiary/aromatic N) is 2. The Morgan fingerprint density at radius 2 is 1.94 bits per heavy atom. The number of carbonyl (C=O) groups is 2. The number of aliphatic carboxylic acids is 1. The number of ether oxygens (including phenoxy) is 2. The summed E-state index contributed by atoms with van der Waals surface area (Å²) in [6, 6.07) is 8.36. The van der Waals surface area contributed by atoms with Crippen LogP contribution >= 0.6 is 0 Å². The van der Waals surface area contributed by atoms with Crippen LogP contribution in [0.15, 0.2) is 24.3 Å². The molecule has 0 unspecified atom stereocenters. The van der Waals surface area contributed by atoms with Gasteiger partial charge in [-0.05, 0) is 43.0 Å². The number of methoxy groups -OCH3 is 1. The Labute approximate surface area is 185 Å². The zero-order valence-electron chi connectivity index (χ0n) is 18.0. The van der Waals surface area contributed by atoms with Crippen molar-refractivity contribution in [2.75, 3.05) is 39.9 Å². The van der Waals surface area contributed by atoms with E-state index in [9.17, 15) is 18.0 Å². The third-order valence-corrected chi connectivity index (χ3v) is 6.27. The average molecular weight is 458 g/mol. The van der Waals surface area contributed by atoms with E-state index < -0.39 is 12.1 Å². The third kappa shape index (κ3) is 6.35. The minimum atomic E-state index is -5.08. The van der Waals surface area contributed by atoms with Crippen LogP contribution < -0.4 is 4.74 Å². The molecule has 32 heavy (non-hydrogen) atoms. The van der Waals surface area contributed by atoms with E-state index in [1.165, 1.54) is 12.0 Å². The van der Waals surface area contributed by atoms with Crippen molar-refractivity contribution in [2.45, 2.75) is 38.1 Å². The fraction of sp³-hybridized carbons (Fsp3) is 0.636. The van der Waals surface area contributed by atoms with Crippen molar-refractivity contribution in [2.24, 2.45) is 11.8 Å². The highest BCUT2D eigenvalue weighted by molar-refractivity contribution is 5.78. The van der Waals surface area contributed by atoms with Crippen LogP contribution in [-0.4, -0.2) is 79.0 Å². The number of fused-ring (bicyclic) bond motifs is 1. The van der Waals surface area contributed by atoms with Gasteiger partial charge in [-0.25, -0.2) is 4.79 Å². The van der Waals surface area contributed by atoms with Crippen LogP contribution in [0.1, 0.15) is 24.8 Å². The lowest BCUT2D eigenvalue weighted by molar-refractivity contribution is -0.192. The van der Waals surface area contributed by atoms with E-state index >= 15 is 0 Å². The quantitative estimate of drug-likeness (QED) is 0.731. The van der Waals surface area contributed by atoms with Crippen LogP contribution in [0.5, 0.6) is 5.75 Å². The van der Waals surface area contributed by atoms with Gasteiger partial charge in [0, 0.05) is 38.5 Å². The van der Waals surface area contributed by atoms with Gasteiger partial charge in [-0.2, -0.15) is 13.2 Å². The van der Waals surface area contributed by atoms with Crippen molar-refractivity contribution in [1.29, 1.82) is 0 Å². The lowest BCUT2D eigenvalue weighted by atomic mass is 9.84. The Morgan fingerprint density at radius 1 is 1.25 bits per heavy atom. The van der Waals surface area contributed by atoms with E-state index in [2.05, 4.69) is 17.0 Å². The van der Waals surface area contributed by atoms with Crippen LogP contribution in [-0.2, 0) is 20.9 Å². The molecule has 1 N–H and O–H groups in total. The minimum absolute atomic E-state index is 0.214. The first-order chi connectivity index (χ1) is 15.2. The molecule has 1 aromatic rings. The Kier molecular flexibility index (Phi) is 8.00. The van der Waals surface area contributed by atoms with E-state index in [4.69, 9.17) is 19.4 Å². The van der Waals surface area contributed by atoms with Crippen molar-refractivity contribution in [3.8, 4) is 5.75 Å². The summed E-state index contributed by atoms with van der Waals surface area (Å²) in [5.74, 6) is -0.331. The topological polar surface area (TPSA) is 79.3 Å². The zero-order chi connectivity index (χ0) is 23.3. The predicted octanol–water partition coefficient (Wildman–Crippen LogP) is 2.79. The van der Waals surface area contributed by atoms with Gasteiger partial charge in [-0.15, -0.1) is 0 Å². The second kappa shape index (κ2) is 10.5. The molecule has 0 bridgehead atoms. The number of carboxylic acids is 1. The lowest BCUT2D eigenvalue weighted by Gasteiger charge is -2.36. The zero-order valence-corrected chi connectivity index (χ0v) is 18.0. The second-order valence-corrected chi connectivity index (χ2v) is 8.41. The molecule has 3 aliphatic rings. The van der Waals surface area contributed by atoms with Gasteiger partial charge >= 0.3 is 12.1 Å². The maximum Gasteiger partial charge on any atom is 0.490 e. The smallest absolute Gasteiger partial charge is 0.490 e. The van der Waals surface area contributed by atoms with Crippen LogP contribution in [0.2, 0.25) is 0 Å². The van der Waals surface area contributed by atoms with Crippen LogP contribution in [0, 0.1) is 11.8 Å². The number of carbonyl (C=O) groups excluding carboxylic acids is 1. The number of rotatable bonds is 5. The molecule has 0 radical (unpaired) electrons. The Balaban J connectivity index is 0.000000360. The SMILES string of the molecule is COc1ccc(CN2CC[C@H]3CO[C@H](CN4CCCC4=O)[C@H]3C2)cc1.O=C(O)C(F)(F)F. The van der Waals surface area contributed by atoms with Gasteiger partial charge in [-0.3, -0.25) is 9.69 Å². The van der Waals surface area contributed by atoms with Gasteiger partial charge in [0.15, 0.2) is 0 Å². The summed E-state index contributed by atoms with van der Waals surface area (Å²) in [7, 11) is 1.70. The Bertz CT molecular complexity index is 787. The molecule has 0 saturated carbocycles. The van der Waals surface area contributed by atoms with Crippen molar-refractivity contribution in [3.05, 3.63) is 29.8 Å². The molecular weight excluding hydrogens is 429 g/mol. The highest BCUT2D eigenvalue weighted by atomic mass is 19.4. The van der Waals surface area contributed by atoms with E-state index in [-0.39, 0.29) is 6.10 Å². The monoisotopic (exact) mass is 458 g/mol. The molecule has 0 spiro atoms. The number of likely N-dealkylation sites (tertiary alicyclic amines) is 2. The summed E-state index contributed by atoms with van der Waals surface area (Å²) in [6.45, 7) is 5.74. The standard InChI is InChI=1S/C20H28N2O3.C2HF3O2/c1-24-17-6-4-15(5-7-17)11-21-10-8-16-14-25-19(18(16)12-21)13-22-9-2-3-20(22)23;3-2(4,5)1(6)7/h4-7,16,18-19H,2-3,8-14H2,1H3;(H,6,7)/t16-,18-,19+;/m0./s1. The molecule has 3 aliphatic heterocycles. The Morgan fingerprint density at radius 3 is 2.50 bits per heavy atom. The number of hydrogen-bond acceptors (Lipinski definition) is 5. The van der Waals surface area contributed by atoms with Gasteiger partial charge in [0.25, 0.3) is 0 Å². The molecule has 3 saturated heterocycles. The summed E-state index contributed by atoms with van der Waals surface area (Å²) >= 11 is 0. The minimum Gasteiger partial charge on any atom is -0.497 e. The number of benzene rings is 1. The first-order valence-electron chi connectivity index (χ1n) is 10.7. The van der Waals surface area contributed by atoms with Gasteiger partial charge in [-0.1, -0.05) is 12.1 Å². The largest absolute Gasteiger partial charge is 0.497 e. The first kappa shape index (κ1) is 24.3. The molecule has 4 rings (SSSR count). The van der Waals surface area contributed by atoms with Gasteiger partial charge in [0.2, 0.25) is 5.91 Å². The maximum atomic E-state index is 11.9. The molecule has 1 aromatic carbocycles. The van der Waals surface area contributed by atoms with Crippen molar-refractivity contribution < 1.29 is 37.3 Å². The number of halogens is 3. The molecular formula is C22H29F3N2O5. The molecule has 3 atom stereocenters. The summed E-state index contributed by atoms with van der Waals surface area (Å²) in [4.78, 5) is 25.4. The van der Waals surface area contributed by atoms with Gasteiger partial charge < -0.3 is 19.5 Å². The second-order valence-electron chi connectivity index (χ2n) is 8.41. The van der Waals surface area contributed by atoms with E-state index in [1.807, 2.05) is 17.0 Å². The molecule has 3 fully saturated rings. The normalized spacial score (nSPS) is 25.8. The van der Waals surface area contributed by atoms with Crippen molar-refractivity contribution >= 4 is 11.9 Å². The van der Waals surface area contributed by atoms with E-state index in [0.29, 0.717) is 24.2 Å². The molecule has 10 heteroatoms. The van der Waals surface area contributed by atoms with Crippen LogP contribution in [0.3, 0.4) is 0 Å². The Hall–Kier alpha value is -2.33. The number of piperidine rings is 1. The number of alkyl halides is 3. The molecule has 0 aliphatic carbocycles. The van der Waals surface area contributed by atoms with E-state index in [1.54, 1.807) is 7.11 Å². The third-order valence-electron chi connectivity index (χ3n) is 6.27. The number of amides is 1. The fourth-order valence-electron chi connectivity index (χ4n) is 4.53. The summed E-state index contributed by atoms with van der Waals surface area (Å²) in [6.07, 6.45) is -1.95. The van der Waals surface area contributed by atoms with Crippen LogP contribution in [0.25, 0.3) is 0 Å². The highest BCUT2D eigenvalue weighted by Crippen LogP contribution is 2.35. The summed E-state index contributed by atoms with van der Waals surface area (Å²) in [5.41, 5.74) is 1.32. The number of hydrogen-bond donors (Lipinski definition) is 1. The first-order valence-corrected chi connectivity index (χ1v) is 10.7. The van der Waals surface area contributed by atoms with Crippen LogP contribution in [0.4, 0.5) is 13.2 Å². The maximum absolute atomic E-state index is 11.9. The average Bonchev–Trinajstić information content (AvgIpc) is 3.34. The highest BCUT2D eigenvalue weighted by Gasteiger charge is 2.42. The van der Waals surface area contributed by atoms with Crippen molar-refractivity contribution in [3.63, 3.8) is 0 Å². The predicted molar refractivity (Wildman–Crippen MR) is 109 cm³/mol. The molecule has 1 amide bonds.